The van der Waals surface area contributed by atoms with E-state index >= 15 is 0 Å². The number of hydrogen-bond acceptors (Lipinski definition) is 6. The summed E-state index contributed by atoms with van der Waals surface area (Å²) in [5, 5.41) is 29.2. The lowest BCUT2D eigenvalue weighted by atomic mass is 9.72. The van der Waals surface area contributed by atoms with E-state index in [1.807, 2.05) is 0 Å². The number of carbonyl (C=O) groups excluding carboxylic acids is 2. The van der Waals surface area contributed by atoms with E-state index in [0.717, 1.165) is 0 Å². The van der Waals surface area contributed by atoms with Crippen molar-refractivity contribution in [2.75, 3.05) is 0 Å². The van der Waals surface area contributed by atoms with Crippen LogP contribution in [0, 0.1) is 11.8 Å². The monoisotopic (exact) mass is 306 g/mol. The van der Waals surface area contributed by atoms with Gasteiger partial charge in [-0.05, 0) is 24.1 Å². The van der Waals surface area contributed by atoms with E-state index in [-0.39, 0.29) is 35.9 Å². The van der Waals surface area contributed by atoms with Gasteiger partial charge in [-0.3, -0.25) is 9.59 Å². The number of benzene rings is 1. The highest BCUT2D eigenvalue weighted by Crippen LogP contribution is 2.42. The summed E-state index contributed by atoms with van der Waals surface area (Å²) in [4.78, 5) is 23.8. The summed E-state index contributed by atoms with van der Waals surface area (Å²) in [6.07, 6.45) is -2.07. The Morgan fingerprint density at radius 1 is 1.14 bits per heavy atom. The fourth-order valence-electron chi connectivity index (χ4n) is 3.32. The van der Waals surface area contributed by atoms with Crippen LogP contribution in [0.5, 0.6) is 11.5 Å². The molecule has 1 aliphatic heterocycles. The van der Waals surface area contributed by atoms with Crippen LogP contribution in [0.4, 0.5) is 0 Å². The fourth-order valence-corrected chi connectivity index (χ4v) is 3.32. The molecule has 1 saturated heterocycles. The van der Waals surface area contributed by atoms with Gasteiger partial charge in [-0.1, -0.05) is 13.0 Å². The Bertz CT molecular complexity index is 625. The number of aromatic hydroxyl groups is 2. The van der Waals surface area contributed by atoms with Crippen LogP contribution in [0.1, 0.15) is 31.4 Å². The van der Waals surface area contributed by atoms with Crippen molar-refractivity contribution in [1.29, 1.82) is 0 Å². The van der Waals surface area contributed by atoms with Gasteiger partial charge < -0.3 is 20.1 Å². The van der Waals surface area contributed by atoms with Crippen LogP contribution in [0.15, 0.2) is 18.2 Å². The Morgan fingerprint density at radius 3 is 2.55 bits per heavy atom. The molecule has 6 nitrogen and oxygen atoms in total. The topological polar surface area (TPSA) is 104 Å². The number of aliphatic hydroxyl groups is 1. The fraction of sp³-hybridized carbons (Fsp3) is 0.500. The molecule has 0 bridgehead atoms. The summed E-state index contributed by atoms with van der Waals surface area (Å²) in [5.74, 6) is -1.76. The first-order valence-electron chi connectivity index (χ1n) is 7.29. The van der Waals surface area contributed by atoms with Crippen LogP contribution < -0.4 is 0 Å². The molecule has 1 aliphatic carbocycles. The molecule has 1 heterocycles. The van der Waals surface area contributed by atoms with Crippen LogP contribution in [-0.2, 0) is 14.3 Å². The third-order valence-corrected chi connectivity index (χ3v) is 4.64. The van der Waals surface area contributed by atoms with E-state index in [1.165, 1.54) is 12.1 Å². The van der Waals surface area contributed by atoms with Gasteiger partial charge in [-0.15, -0.1) is 0 Å². The molecule has 0 radical (unpaired) electrons. The molecule has 2 aliphatic rings. The van der Waals surface area contributed by atoms with E-state index in [9.17, 15) is 24.9 Å². The summed E-state index contributed by atoms with van der Waals surface area (Å²) in [7, 11) is 0. The first-order chi connectivity index (χ1) is 10.4. The van der Waals surface area contributed by atoms with Gasteiger partial charge in [0.1, 0.15) is 17.7 Å². The summed E-state index contributed by atoms with van der Waals surface area (Å²) in [6.45, 7) is 1.73. The highest BCUT2D eigenvalue weighted by atomic mass is 16.5. The van der Waals surface area contributed by atoms with Gasteiger partial charge in [0, 0.05) is 11.8 Å². The molecule has 1 aromatic rings. The van der Waals surface area contributed by atoms with Crippen molar-refractivity contribution in [3.05, 3.63) is 23.8 Å². The molecule has 1 saturated carbocycles. The molecule has 0 aromatic heterocycles. The van der Waals surface area contributed by atoms with Crippen molar-refractivity contribution < 1.29 is 29.6 Å². The van der Waals surface area contributed by atoms with Crippen LogP contribution in [0.25, 0.3) is 0 Å². The van der Waals surface area contributed by atoms with Gasteiger partial charge in [0.25, 0.3) is 0 Å². The Kier molecular flexibility index (Phi) is 3.66. The Morgan fingerprint density at radius 2 is 1.86 bits per heavy atom. The van der Waals surface area contributed by atoms with Crippen molar-refractivity contribution in [2.24, 2.45) is 11.8 Å². The van der Waals surface area contributed by atoms with Gasteiger partial charge in [0.2, 0.25) is 0 Å². The largest absolute Gasteiger partial charge is 0.504 e. The molecule has 0 spiro atoms. The van der Waals surface area contributed by atoms with E-state index in [2.05, 4.69) is 0 Å². The second-order valence-electron chi connectivity index (χ2n) is 6.08. The van der Waals surface area contributed by atoms with Crippen molar-refractivity contribution >= 4 is 11.6 Å². The molecular formula is C16H18O6. The van der Waals surface area contributed by atoms with Gasteiger partial charge >= 0.3 is 0 Å². The SMILES string of the molecule is CC1C(=O)CC(=O)C2CC(O)C(c3ccc(O)c(O)c3)OC12. The Hall–Kier alpha value is -1.92. The van der Waals surface area contributed by atoms with Gasteiger partial charge in [-0.2, -0.15) is 0 Å². The minimum Gasteiger partial charge on any atom is -0.504 e. The smallest absolute Gasteiger partial charge is 0.157 e. The number of rotatable bonds is 1. The Labute approximate surface area is 127 Å². The molecule has 6 heteroatoms. The van der Waals surface area contributed by atoms with Crippen LogP contribution in [-0.4, -0.2) is 39.1 Å². The van der Waals surface area contributed by atoms with E-state index in [4.69, 9.17) is 4.74 Å². The van der Waals surface area contributed by atoms with Crippen molar-refractivity contribution in [3.8, 4) is 11.5 Å². The molecular weight excluding hydrogens is 288 g/mol. The lowest BCUT2D eigenvalue weighted by Gasteiger charge is -2.43. The second-order valence-corrected chi connectivity index (χ2v) is 6.08. The molecule has 3 rings (SSSR count). The van der Waals surface area contributed by atoms with Crippen molar-refractivity contribution in [2.45, 2.75) is 38.1 Å². The predicted octanol–water partition coefficient (Wildman–Crippen LogP) is 1.08. The van der Waals surface area contributed by atoms with Gasteiger partial charge in [-0.25, -0.2) is 0 Å². The minimum absolute atomic E-state index is 0.0942. The average molecular weight is 306 g/mol. The van der Waals surface area contributed by atoms with Gasteiger partial charge in [0.05, 0.1) is 18.6 Å². The van der Waals surface area contributed by atoms with Crippen LogP contribution in [0.2, 0.25) is 0 Å². The summed E-state index contributed by atoms with van der Waals surface area (Å²) < 4.78 is 5.85. The number of phenolic OH excluding ortho intramolecular Hbond substituents is 2. The van der Waals surface area contributed by atoms with E-state index in [1.54, 1.807) is 13.0 Å². The molecule has 0 amide bonds. The average Bonchev–Trinajstić information content (AvgIpc) is 2.47. The molecule has 1 aromatic carbocycles. The Balaban J connectivity index is 1.90. The number of fused-ring (bicyclic) bond motifs is 1. The highest BCUT2D eigenvalue weighted by Gasteiger charge is 2.48. The molecule has 5 atom stereocenters. The molecule has 22 heavy (non-hydrogen) atoms. The number of aliphatic hydroxyl groups excluding tert-OH is 1. The number of phenols is 2. The van der Waals surface area contributed by atoms with Crippen molar-refractivity contribution in [1.82, 2.24) is 0 Å². The van der Waals surface area contributed by atoms with Gasteiger partial charge in [0.15, 0.2) is 11.5 Å². The zero-order valence-corrected chi connectivity index (χ0v) is 12.1. The molecule has 5 unspecified atom stereocenters. The van der Waals surface area contributed by atoms with E-state index in [0.29, 0.717) is 5.56 Å². The zero-order chi connectivity index (χ0) is 16.0. The minimum atomic E-state index is -0.908. The molecule has 2 fully saturated rings. The van der Waals surface area contributed by atoms with Crippen LogP contribution in [0.3, 0.4) is 0 Å². The number of Topliss-reactive ketones (excluding diaryl/α,β-unsaturated/α-hetero) is 2. The third kappa shape index (κ3) is 2.38. The number of hydrogen-bond donors (Lipinski definition) is 3. The second kappa shape index (κ2) is 5.37. The quantitative estimate of drug-likeness (QED) is 0.530. The van der Waals surface area contributed by atoms with Crippen LogP contribution >= 0.6 is 0 Å². The third-order valence-electron chi connectivity index (χ3n) is 4.64. The number of carbonyl (C=O) groups is 2. The molecule has 3 N–H and O–H groups in total. The lowest BCUT2D eigenvalue weighted by molar-refractivity contribution is -0.182. The zero-order valence-electron chi connectivity index (χ0n) is 12.1. The van der Waals surface area contributed by atoms with E-state index < -0.39 is 30.1 Å². The summed E-state index contributed by atoms with van der Waals surface area (Å²) >= 11 is 0. The summed E-state index contributed by atoms with van der Waals surface area (Å²) in [6, 6.07) is 4.18. The maximum atomic E-state index is 12.0. The number of ether oxygens (including phenoxy) is 1. The predicted molar refractivity (Wildman–Crippen MR) is 75.3 cm³/mol. The standard InChI is InChI=1S/C16H18O6/c1-7-11(18)6-12(19)9-5-14(21)16(22-15(7)9)8-2-3-10(17)13(20)4-8/h2-4,7,9,14-17,20-21H,5-6H2,1H3. The van der Waals surface area contributed by atoms with Crippen molar-refractivity contribution in [3.63, 3.8) is 0 Å². The first-order valence-corrected chi connectivity index (χ1v) is 7.29. The highest BCUT2D eigenvalue weighted by molar-refractivity contribution is 6.04. The lowest BCUT2D eigenvalue weighted by Crippen LogP contribution is -2.51. The maximum absolute atomic E-state index is 12.0. The maximum Gasteiger partial charge on any atom is 0.157 e. The normalized spacial score (nSPS) is 35.3. The first kappa shape index (κ1) is 15.0. The molecule has 118 valence electrons. The number of ketones is 2. The summed E-state index contributed by atoms with van der Waals surface area (Å²) in [5.41, 5.74) is 0.499.